The molecule has 0 saturated carbocycles. The van der Waals surface area contributed by atoms with Crippen LogP contribution in [0, 0.1) is 13.8 Å². The minimum Gasteiger partial charge on any atom is -0.372 e. The van der Waals surface area contributed by atoms with Gasteiger partial charge in [0.25, 0.3) is 5.91 Å². The Bertz CT molecular complexity index is 964. The molecule has 0 radical (unpaired) electrons. The molecule has 0 aliphatic carbocycles. The minimum absolute atomic E-state index is 0.230. The standard InChI is InChI=1S/C23H27N5O/c1-5-28(6-2)20-10-8-19(9-11-20)26-23-24-14-18(15-25-23)22(29)27-21-12-7-16(3)13-17(21)4/h7-15H,5-6H2,1-4H3,(H,27,29)(H,24,25,26). The molecule has 0 fully saturated rings. The topological polar surface area (TPSA) is 70.2 Å². The van der Waals surface area contributed by atoms with Crippen molar-refractivity contribution in [3.8, 4) is 0 Å². The van der Waals surface area contributed by atoms with Gasteiger partial charge in [-0.05, 0) is 63.6 Å². The van der Waals surface area contributed by atoms with Gasteiger partial charge >= 0.3 is 0 Å². The first-order valence-electron chi connectivity index (χ1n) is 9.82. The minimum atomic E-state index is -0.230. The van der Waals surface area contributed by atoms with Gasteiger partial charge in [-0.25, -0.2) is 9.97 Å². The molecule has 150 valence electrons. The zero-order valence-electron chi connectivity index (χ0n) is 17.4. The highest BCUT2D eigenvalue weighted by Crippen LogP contribution is 2.20. The van der Waals surface area contributed by atoms with Gasteiger partial charge in [-0.1, -0.05) is 17.7 Å². The van der Waals surface area contributed by atoms with Crippen LogP contribution in [0.2, 0.25) is 0 Å². The third-order valence-corrected chi connectivity index (χ3v) is 4.80. The summed E-state index contributed by atoms with van der Waals surface area (Å²) in [7, 11) is 0. The fraction of sp³-hybridized carbons (Fsp3) is 0.261. The van der Waals surface area contributed by atoms with Crippen molar-refractivity contribution >= 4 is 28.9 Å². The van der Waals surface area contributed by atoms with Crippen molar-refractivity contribution in [2.75, 3.05) is 28.6 Å². The third kappa shape index (κ3) is 5.10. The van der Waals surface area contributed by atoms with Gasteiger partial charge in [0.05, 0.1) is 5.56 Å². The maximum absolute atomic E-state index is 12.5. The average molecular weight is 390 g/mol. The van der Waals surface area contributed by atoms with E-state index >= 15 is 0 Å². The highest BCUT2D eigenvalue weighted by molar-refractivity contribution is 6.04. The molecule has 29 heavy (non-hydrogen) atoms. The van der Waals surface area contributed by atoms with Crippen LogP contribution in [0.3, 0.4) is 0 Å². The molecule has 6 nitrogen and oxygen atoms in total. The Morgan fingerprint density at radius 1 is 0.966 bits per heavy atom. The fourth-order valence-electron chi connectivity index (χ4n) is 3.13. The SMILES string of the molecule is CCN(CC)c1ccc(Nc2ncc(C(=O)Nc3ccc(C)cc3C)cn2)cc1. The van der Waals surface area contributed by atoms with Gasteiger partial charge in [-0.2, -0.15) is 0 Å². The predicted octanol–water partition coefficient (Wildman–Crippen LogP) is 4.94. The number of benzene rings is 2. The largest absolute Gasteiger partial charge is 0.372 e. The van der Waals surface area contributed by atoms with Gasteiger partial charge < -0.3 is 15.5 Å². The number of amides is 1. The second-order valence-corrected chi connectivity index (χ2v) is 6.91. The summed E-state index contributed by atoms with van der Waals surface area (Å²) in [6.45, 7) is 10.2. The van der Waals surface area contributed by atoms with Crippen LogP contribution < -0.4 is 15.5 Å². The molecule has 0 aliphatic heterocycles. The van der Waals surface area contributed by atoms with Gasteiger partial charge in [0.1, 0.15) is 0 Å². The first kappa shape index (κ1) is 20.3. The summed E-state index contributed by atoms with van der Waals surface area (Å²) in [5.74, 6) is 0.218. The number of hydrogen-bond donors (Lipinski definition) is 2. The number of carbonyl (C=O) groups excluding carboxylic acids is 1. The molecule has 0 unspecified atom stereocenters. The molecule has 0 spiro atoms. The number of hydrogen-bond acceptors (Lipinski definition) is 5. The lowest BCUT2D eigenvalue weighted by molar-refractivity contribution is 0.102. The molecular formula is C23H27N5O. The number of aryl methyl sites for hydroxylation is 2. The molecule has 3 aromatic rings. The monoisotopic (exact) mass is 389 g/mol. The Morgan fingerprint density at radius 3 is 2.21 bits per heavy atom. The lowest BCUT2D eigenvalue weighted by Crippen LogP contribution is -2.21. The smallest absolute Gasteiger partial charge is 0.258 e. The van der Waals surface area contributed by atoms with E-state index in [9.17, 15) is 4.79 Å². The number of carbonyl (C=O) groups is 1. The molecule has 2 aromatic carbocycles. The molecule has 0 aliphatic rings. The van der Waals surface area contributed by atoms with E-state index in [0.29, 0.717) is 11.5 Å². The second-order valence-electron chi connectivity index (χ2n) is 6.91. The van der Waals surface area contributed by atoms with Crippen LogP contribution in [0.15, 0.2) is 54.9 Å². The summed E-state index contributed by atoms with van der Waals surface area (Å²) in [5.41, 5.74) is 5.45. The van der Waals surface area contributed by atoms with Crippen LogP contribution in [0.1, 0.15) is 35.3 Å². The highest BCUT2D eigenvalue weighted by atomic mass is 16.1. The van der Waals surface area contributed by atoms with Crippen molar-refractivity contribution < 1.29 is 4.79 Å². The predicted molar refractivity (Wildman–Crippen MR) is 119 cm³/mol. The summed E-state index contributed by atoms with van der Waals surface area (Å²) in [6.07, 6.45) is 3.05. The van der Waals surface area contributed by atoms with Crippen molar-refractivity contribution in [1.82, 2.24) is 9.97 Å². The van der Waals surface area contributed by atoms with Gasteiger partial charge in [0.15, 0.2) is 0 Å². The van der Waals surface area contributed by atoms with Gasteiger partial charge in [-0.15, -0.1) is 0 Å². The summed E-state index contributed by atoms with van der Waals surface area (Å²) < 4.78 is 0. The van der Waals surface area contributed by atoms with Gasteiger partial charge in [0, 0.05) is 42.5 Å². The van der Waals surface area contributed by atoms with Crippen LogP contribution in [-0.2, 0) is 0 Å². The van der Waals surface area contributed by atoms with Crippen LogP contribution >= 0.6 is 0 Å². The molecule has 0 saturated heterocycles. The van der Waals surface area contributed by atoms with E-state index in [0.717, 1.165) is 35.6 Å². The summed E-state index contributed by atoms with van der Waals surface area (Å²) >= 11 is 0. The van der Waals surface area contributed by atoms with Crippen LogP contribution in [0.25, 0.3) is 0 Å². The average Bonchev–Trinajstić information content (AvgIpc) is 2.73. The molecule has 1 aromatic heterocycles. The van der Waals surface area contributed by atoms with Crippen LogP contribution in [0.4, 0.5) is 23.0 Å². The van der Waals surface area contributed by atoms with E-state index < -0.39 is 0 Å². The maximum atomic E-state index is 12.5. The number of rotatable bonds is 7. The first-order valence-corrected chi connectivity index (χ1v) is 9.82. The Hall–Kier alpha value is -3.41. The Morgan fingerprint density at radius 2 is 1.62 bits per heavy atom. The molecule has 0 atom stereocenters. The van der Waals surface area contributed by atoms with E-state index in [1.54, 1.807) is 0 Å². The molecule has 6 heteroatoms. The Balaban J connectivity index is 1.64. The number of nitrogens with one attached hydrogen (secondary N) is 2. The van der Waals surface area contributed by atoms with E-state index in [2.05, 4.69) is 51.5 Å². The van der Waals surface area contributed by atoms with E-state index in [1.165, 1.54) is 18.1 Å². The lowest BCUT2D eigenvalue weighted by Gasteiger charge is -2.21. The van der Waals surface area contributed by atoms with Crippen molar-refractivity contribution in [1.29, 1.82) is 0 Å². The summed E-state index contributed by atoms with van der Waals surface area (Å²) in [6, 6.07) is 14.0. The normalized spacial score (nSPS) is 10.5. The second kappa shape index (κ2) is 9.19. The Labute approximate surface area is 172 Å². The van der Waals surface area contributed by atoms with E-state index in [4.69, 9.17) is 0 Å². The molecule has 2 N–H and O–H groups in total. The quantitative estimate of drug-likeness (QED) is 0.599. The summed E-state index contributed by atoms with van der Waals surface area (Å²) in [5, 5.41) is 6.07. The molecule has 1 heterocycles. The first-order chi connectivity index (χ1) is 14.0. The van der Waals surface area contributed by atoms with E-state index in [-0.39, 0.29) is 5.91 Å². The highest BCUT2D eigenvalue weighted by Gasteiger charge is 2.10. The van der Waals surface area contributed by atoms with Crippen LogP contribution in [0.5, 0.6) is 0 Å². The Kier molecular flexibility index (Phi) is 6.44. The van der Waals surface area contributed by atoms with Crippen molar-refractivity contribution in [2.45, 2.75) is 27.7 Å². The molecular weight excluding hydrogens is 362 g/mol. The number of nitrogens with zero attached hydrogens (tertiary/aromatic N) is 3. The number of anilines is 4. The zero-order chi connectivity index (χ0) is 20.8. The van der Waals surface area contributed by atoms with Crippen molar-refractivity contribution in [3.05, 3.63) is 71.5 Å². The van der Waals surface area contributed by atoms with Crippen LogP contribution in [-0.4, -0.2) is 29.0 Å². The fourth-order valence-corrected chi connectivity index (χ4v) is 3.13. The number of aromatic nitrogens is 2. The maximum Gasteiger partial charge on any atom is 0.258 e. The third-order valence-electron chi connectivity index (χ3n) is 4.80. The van der Waals surface area contributed by atoms with Crippen molar-refractivity contribution in [2.24, 2.45) is 0 Å². The molecule has 0 bridgehead atoms. The zero-order valence-corrected chi connectivity index (χ0v) is 17.4. The van der Waals surface area contributed by atoms with E-state index in [1.807, 2.05) is 44.2 Å². The van der Waals surface area contributed by atoms with Crippen molar-refractivity contribution in [3.63, 3.8) is 0 Å². The van der Waals surface area contributed by atoms with Gasteiger partial charge in [0.2, 0.25) is 5.95 Å². The molecule has 3 rings (SSSR count). The molecule has 1 amide bonds. The van der Waals surface area contributed by atoms with Gasteiger partial charge in [-0.3, -0.25) is 4.79 Å². The lowest BCUT2D eigenvalue weighted by atomic mass is 10.1. The summed E-state index contributed by atoms with van der Waals surface area (Å²) in [4.78, 5) is 23.3.